The van der Waals surface area contributed by atoms with Gasteiger partial charge in [-0.25, -0.2) is 0 Å². The maximum absolute atomic E-state index is 10.6. The molecule has 0 aliphatic rings. The van der Waals surface area contributed by atoms with Gasteiger partial charge in [0.2, 0.25) is 0 Å². The molecule has 1 aromatic heterocycles. The van der Waals surface area contributed by atoms with E-state index in [1.54, 1.807) is 42.6 Å². The minimum absolute atomic E-state index is 0.539. The van der Waals surface area contributed by atoms with Crippen LogP contribution in [-0.4, -0.2) is 10.1 Å². The fourth-order valence-corrected chi connectivity index (χ4v) is 3.00. The van der Waals surface area contributed by atoms with E-state index in [2.05, 4.69) is 4.98 Å². The number of benzene rings is 2. The predicted octanol–water partition coefficient (Wildman–Crippen LogP) is 5.72. The Hall–Kier alpha value is -1.45. The van der Waals surface area contributed by atoms with E-state index in [9.17, 15) is 5.11 Å². The Kier molecular flexibility index (Phi) is 4.46. The van der Waals surface area contributed by atoms with Crippen LogP contribution in [0.5, 0.6) is 0 Å². The molecule has 2 nitrogen and oxygen atoms in total. The van der Waals surface area contributed by atoms with E-state index in [1.165, 1.54) is 0 Å². The second kappa shape index (κ2) is 6.35. The predicted molar refractivity (Wildman–Crippen MR) is 91.8 cm³/mol. The molecule has 3 rings (SSSR count). The molecule has 0 aliphatic carbocycles. The molecule has 112 valence electrons. The molecule has 1 atom stereocenters. The van der Waals surface area contributed by atoms with Crippen molar-refractivity contribution in [2.45, 2.75) is 6.10 Å². The highest BCUT2D eigenvalue weighted by Crippen LogP contribution is 2.36. The second-order valence-electron chi connectivity index (χ2n) is 4.90. The van der Waals surface area contributed by atoms with Gasteiger partial charge in [-0.05, 0) is 29.8 Å². The van der Waals surface area contributed by atoms with Gasteiger partial charge in [0, 0.05) is 44.2 Å². The zero-order valence-electron chi connectivity index (χ0n) is 11.4. The maximum Gasteiger partial charge on any atom is 0.106 e. The molecule has 0 spiro atoms. The minimum Gasteiger partial charge on any atom is -0.384 e. The number of hydrogen-bond donors (Lipinski definition) is 2. The van der Waals surface area contributed by atoms with Crippen LogP contribution in [-0.2, 0) is 0 Å². The molecule has 0 saturated heterocycles. The summed E-state index contributed by atoms with van der Waals surface area (Å²) in [5.41, 5.74) is 3.15. The van der Waals surface area contributed by atoms with Crippen LogP contribution in [0, 0.1) is 0 Å². The van der Waals surface area contributed by atoms with Crippen molar-refractivity contribution < 1.29 is 5.11 Å². The lowest BCUT2D eigenvalue weighted by atomic mass is 9.97. The molecule has 0 radical (unpaired) electrons. The number of hydrogen-bond acceptors (Lipinski definition) is 1. The van der Waals surface area contributed by atoms with E-state index in [-0.39, 0.29) is 0 Å². The molecule has 5 heteroatoms. The average Bonchev–Trinajstić information content (AvgIpc) is 2.96. The van der Waals surface area contributed by atoms with Crippen LogP contribution in [0.25, 0.3) is 11.1 Å². The number of nitrogens with one attached hydrogen (secondary N) is 1. The smallest absolute Gasteiger partial charge is 0.106 e. The number of H-pyrrole nitrogens is 1. The van der Waals surface area contributed by atoms with Crippen molar-refractivity contribution in [1.29, 1.82) is 0 Å². The molecule has 0 unspecified atom stereocenters. The summed E-state index contributed by atoms with van der Waals surface area (Å²) in [5, 5.41) is 12.4. The number of aromatic amines is 1. The number of aliphatic hydroxyl groups is 1. The fourth-order valence-electron chi connectivity index (χ4n) is 2.37. The van der Waals surface area contributed by atoms with E-state index in [1.807, 2.05) is 12.3 Å². The van der Waals surface area contributed by atoms with Gasteiger partial charge in [-0.3, -0.25) is 0 Å². The Morgan fingerprint density at radius 2 is 1.50 bits per heavy atom. The molecule has 1 heterocycles. The van der Waals surface area contributed by atoms with Crippen molar-refractivity contribution in [3.63, 3.8) is 0 Å². The zero-order chi connectivity index (χ0) is 15.7. The molecule has 0 amide bonds. The van der Waals surface area contributed by atoms with Crippen molar-refractivity contribution in [3.05, 3.63) is 81.1 Å². The van der Waals surface area contributed by atoms with E-state index < -0.39 is 6.10 Å². The summed E-state index contributed by atoms with van der Waals surface area (Å²) >= 11 is 18.1. The summed E-state index contributed by atoms with van der Waals surface area (Å²) in [7, 11) is 0. The van der Waals surface area contributed by atoms with Crippen LogP contribution in [0.4, 0.5) is 0 Å². The molecule has 0 aliphatic heterocycles. The molecular weight excluding hydrogens is 341 g/mol. The van der Waals surface area contributed by atoms with Crippen LogP contribution in [0.15, 0.2) is 54.9 Å². The highest BCUT2D eigenvalue weighted by atomic mass is 35.5. The number of rotatable bonds is 3. The summed E-state index contributed by atoms with van der Waals surface area (Å²) in [4.78, 5) is 3.02. The standard InChI is InChI=1S/C17H12Cl3NO/c18-11-3-1-10(2-4-11)17(22)15-9-21-8-14(15)13-6-5-12(19)7-16(13)20/h1-9,17,21-22H/t17-/m1/s1. The monoisotopic (exact) mass is 351 g/mol. The Labute approximate surface area is 143 Å². The van der Waals surface area contributed by atoms with Crippen LogP contribution >= 0.6 is 34.8 Å². The number of aliphatic hydroxyl groups excluding tert-OH is 1. The Bertz CT molecular complexity index is 796. The third-order valence-corrected chi connectivity index (χ3v) is 4.28. The first-order valence-electron chi connectivity index (χ1n) is 6.62. The fraction of sp³-hybridized carbons (Fsp3) is 0.0588. The zero-order valence-corrected chi connectivity index (χ0v) is 13.6. The second-order valence-corrected chi connectivity index (χ2v) is 6.18. The van der Waals surface area contributed by atoms with Crippen LogP contribution in [0.2, 0.25) is 15.1 Å². The van der Waals surface area contributed by atoms with Gasteiger partial charge in [0.15, 0.2) is 0 Å². The van der Waals surface area contributed by atoms with E-state index >= 15 is 0 Å². The molecule has 0 bridgehead atoms. The number of halogens is 3. The Balaban J connectivity index is 2.03. The highest BCUT2D eigenvalue weighted by Gasteiger charge is 2.18. The molecule has 0 fully saturated rings. The van der Waals surface area contributed by atoms with Gasteiger partial charge in [-0.2, -0.15) is 0 Å². The van der Waals surface area contributed by atoms with Crippen molar-refractivity contribution >= 4 is 34.8 Å². The van der Waals surface area contributed by atoms with Crippen LogP contribution < -0.4 is 0 Å². The van der Waals surface area contributed by atoms with Crippen molar-refractivity contribution in [2.75, 3.05) is 0 Å². The van der Waals surface area contributed by atoms with Gasteiger partial charge in [0.25, 0.3) is 0 Å². The van der Waals surface area contributed by atoms with Gasteiger partial charge in [0.1, 0.15) is 6.10 Å². The SMILES string of the molecule is O[C@H](c1ccc(Cl)cc1)c1c[nH]cc1-c1ccc(Cl)cc1Cl. The summed E-state index contributed by atoms with van der Waals surface area (Å²) in [6.45, 7) is 0. The quantitative estimate of drug-likeness (QED) is 0.621. The largest absolute Gasteiger partial charge is 0.384 e. The normalized spacial score (nSPS) is 12.4. The lowest BCUT2D eigenvalue weighted by Gasteiger charge is -2.13. The Morgan fingerprint density at radius 1 is 0.818 bits per heavy atom. The maximum atomic E-state index is 10.6. The van der Waals surface area contributed by atoms with Gasteiger partial charge >= 0.3 is 0 Å². The lowest BCUT2D eigenvalue weighted by molar-refractivity contribution is 0.221. The molecule has 0 saturated carbocycles. The molecule has 3 aromatic rings. The Morgan fingerprint density at radius 3 is 2.18 bits per heavy atom. The van der Waals surface area contributed by atoms with Crippen molar-refractivity contribution in [2.24, 2.45) is 0 Å². The van der Waals surface area contributed by atoms with Gasteiger partial charge in [0.05, 0.1) is 0 Å². The third kappa shape index (κ3) is 3.01. The molecule has 2 aromatic carbocycles. The lowest BCUT2D eigenvalue weighted by Crippen LogP contribution is -1.99. The highest BCUT2D eigenvalue weighted by molar-refractivity contribution is 6.36. The summed E-state index contributed by atoms with van der Waals surface area (Å²) in [6.07, 6.45) is 2.80. The van der Waals surface area contributed by atoms with E-state index in [0.717, 1.165) is 22.3 Å². The first kappa shape index (κ1) is 15.4. The van der Waals surface area contributed by atoms with Crippen LogP contribution in [0.3, 0.4) is 0 Å². The average molecular weight is 353 g/mol. The van der Waals surface area contributed by atoms with Gasteiger partial charge in [-0.15, -0.1) is 0 Å². The summed E-state index contributed by atoms with van der Waals surface area (Å²) in [6, 6.07) is 12.4. The van der Waals surface area contributed by atoms with Crippen molar-refractivity contribution in [3.8, 4) is 11.1 Å². The first-order chi connectivity index (χ1) is 10.6. The molecule has 2 N–H and O–H groups in total. The molecule has 22 heavy (non-hydrogen) atoms. The first-order valence-corrected chi connectivity index (χ1v) is 7.75. The van der Waals surface area contributed by atoms with E-state index in [0.29, 0.717) is 15.1 Å². The topological polar surface area (TPSA) is 36.0 Å². The molecular formula is C17H12Cl3NO. The van der Waals surface area contributed by atoms with Gasteiger partial charge in [-0.1, -0.05) is 53.0 Å². The number of aromatic nitrogens is 1. The third-order valence-electron chi connectivity index (χ3n) is 3.48. The van der Waals surface area contributed by atoms with Gasteiger partial charge < -0.3 is 10.1 Å². The summed E-state index contributed by atoms with van der Waals surface area (Å²) in [5.74, 6) is 0. The summed E-state index contributed by atoms with van der Waals surface area (Å²) < 4.78 is 0. The van der Waals surface area contributed by atoms with Crippen LogP contribution in [0.1, 0.15) is 17.2 Å². The van der Waals surface area contributed by atoms with E-state index in [4.69, 9.17) is 34.8 Å². The van der Waals surface area contributed by atoms with Crippen molar-refractivity contribution in [1.82, 2.24) is 4.98 Å². The minimum atomic E-state index is -0.773.